The van der Waals surface area contributed by atoms with Crippen molar-refractivity contribution in [3.63, 3.8) is 0 Å². The average Bonchev–Trinajstić information content (AvgIpc) is 3.82. The van der Waals surface area contributed by atoms with Gasteiger partial charge in [0.1, 0.15) is 0 Å². The van der Waals surface area contributed by atoms with Gasteiger partial charge in [0.15, 0.2) is 8.07 Å². The molecule has 0 saturated heterocycles. The molecule has 2 saturated carbocycles. The van der Waals surface area contributed by atoms with Crippen LogP contribution in [0.2, 0.25) is 0 Å². The number of fused-ring (bicyclic) bond motifs is 19. The highest BCUT2D eigenvalue weighted by Crippen LogP contribution is 2.65. The van der Waals surface area contributed by atoms with E-state index in [1.54, 1.807) is 11.1 Å². The number of anilines is 7. The molecular weight excluding hydrogens is 778 g/mol. The second-order valence-electron chi connectivity index (χ2n) is 21.3. The van der Waals surface area contributed by atoms with E-state index in [-0.39, 0.29) is 28.6 Å². The van der Waals surface area contributed by atoms with Crippen LogP contribution in [0.5, 0.6) is 0 Å². The minimum atomic E-state index is -2.70. The number of hydrogen-bond donors (Lipinski definition) is 0. The van der Waals surface area contributed by atoms with Gasteiger partial charge in [0, 0.05) is 45.0 Å². The minimum absolute atomic E-state index is 0.0383. The van der Waals surface area contributed by atoms with E-state index in [1.165, 1.54) is 139 Å². The Kier molecular flexibility index (Phi) is 6.50. The van der Waals surface area contributed by atoms with Crippen LogP contribution in [0.1, 0.15) is 90.2 Å². The van der Waals surface area contributed by atoms with E-state index in [1.807, 2.05) is 0 Å². The van der Waals surface area contributed by atoms with Gasteiger partial charge in [0.25, 0.3) is 6.71 Å². The number of benzene rings is 7. The number of hydrogen-bond acceptors (Lipinski definition) is 3. The van der Waals surface area contributed by atoms with Crippen molar-refractivity contribution < 1.29 is 0 Å². The Morgan fingerprint density at radius 3 is 1.37 bits per heavy atom. The van der Waals surface area contributed by atoms with Crippen molar-refractivity contribution in [1.82, 2.24) is 0 Å². The van der Waals surface area contributed by atoms with Crippen LogP contribution in [0.25, 0.3) is 11.1 Å². The van der Waals surface area contributed by atoms with Gasteiger partial charge < -0.3 is 14.7 Å². The molecule has 5 heteroatoms. The zero-order valence-electron chi connectivity index (χ0n) is 36.9. The summed E-state index contributed by atoms with van der Waals surface area (Å²) < 4.78 is 0. The first kappa shape index (κ1) is 35.7. The highest BCUT2D eigenvalue weighted by Gasteiger charge is 2.65. The summed E-state index contributed by atoms with van der Waals surface area (Å²) in [5.74, 6) is 0. The Hall–Kier alpha value is -5.78. The predicted molar refractivity (Wildman–Crippen MR) is 268 cm³/mol. The number of rotatable bonds is 1. The summed E-state index contributed by atoms with van der Waals surface area (Å²) in [6, 6.07) is 58.0. The summed E-state index contributed by atoms with van der Waals surface area (Å²) in [4.78, 5) is 8.58. The SMILES string of the molecule is CC12CCCCC1(C)N1c3cc(N4c5ccccc5[Si]5(c6ccccc6-c6ccccc65)c5ccccc54)cc4c3B(c3cccc2c31)c1cccc2c1N4C1(C)CCCCC21C. The maximum atomic E-state index is 2.93. The van der Waals surface area contributed by atoms with Crippen molar-refractivity contribution in [2.24, 2.45) is 0 Å². The zero-order chi connectivity index (χ0) is 41.8. The smallest absolute Gasteiger partial charge is 0.252 e. The molecule has 6 heterocycles. The third-order valence-electron chi connectivity index (χ3n) is 19.1. The molecule has 0 amide bonds. The molecule has 7 aromatic rings. The van der Waals surface area contributed by atoms with Crippen molar-refractivity contribution in [3.8, 4) is 11.1 Å². The Morgan fingerprint density at radius 1 is 0.444 bits per heavy atom. The first-order valence-corrected chi connectivity index (χ1v) is 26.0. The van der Waals surface area contributed by atoms with E-state index < -0.39 is 8.07 Å². The summed E-state index contributed by atoms with van der Waals surface area (Å²) in [7, 11) is -2.70. The van der Waals surface area contributed by atoms with Gasteiger partial charge in [-0.05, 0) is 123 Å². The Balaban J connectivity index is 1.07. The fourth-order valence-corrected chi connectivity index (χ4v) is 21.5. The molecule has 3 nitrogen and oxygen atoms in total. The molecule has 2 fully saturated rings. The van der Waals surface area contributed by atoms with Gasteiger partial charge in [-0.25, -0.2) is 0 Å². The molecule has 0 N–H and O–H groups in total. The Morgan fingerprint density at radius 2 is 0.873 bits per heavy atom. The summed E-state index contributed by atoms with van der Waals surface area (Å²) in [6.07, 6.45) is 9.99. The number of nitrogens with zero attached hydrogens (tertiary/aromatic N) is 3. The van der Waals surface area contributed by atoms with Crippen LogP contribution in [0.4, 0.5) is 39.8 Å². The molecule has 0 bridgehead atoms. The lowest BCUT2D eigenvalue weighted by atomic mass is 9.33. The van der Waals surface area contributed by atoms with Crippen LogP contribution < -0.4 is 51.8 Å². The summed E-state index contributed by atoms with van der Waals surface area (Å²) >= 11 is 0. The van der Waals surface area contributed by atoms with E-state index in [9.17, 15) is 0 Å². The Bertz CT molecular complexity index is 3020. The molecule has 4 atom stereocenters. The van der Waals surface area contributed by atoms with Gasteiger partial charge in [-0.1, -0.05) is 161 Å². The second kappa shape index (κ2) is 11.5. The molecule has 2 aliphatic carbocycles. The van der Waals surface area contributed by atoms with Crippen LogP contribution >= 0.6 is 0 Å². The van der Waals surface area contributed by atoms with Gasteiger partial charge in [0.2, 0.25) is 0 Å². The van der Waals surface area contributed by atoms with Crippen molar-refractivity contribution in [2.75, 3.05) is 14.7 Å². The van der Waals surface area contributed by atoms with Crippen LogP contribution in [0.15, 0.2) is 146 Å². The highest BCUT2D eigenvalue weighted by molar-refractivity contribution is 7.23. The lowest BCUT2D eigenvalue weighted by molar-refractivity contribution is 0.194. The Labute approximate surface area is 373 Å². The van der Waals surface area contributed by atoms with Crippen molar-refractivity contribution >= 4 is 91.7 Å². The van der Waals surface area contributed by atoms with E-state index in [4.69, 9.17) is 0 Å². The van der Waals surface area contributed by atoms with Crippen molar-refractivity contribution in [2.45, 2.75) is 101 Å². The third kappa shape index (κ3) is 3.74. The second-order valence-corrected chi connectivity index (χ2v) is 25.0. The maximum Gasteiger partial charge on any atom is 0.252 e. The lowest BCUT2D eigenvalue weighted by Gasteiger charge is -2.55. The summed E-state index contributed by atoms with van der Waals surface area (Å²) in [5, 5.41) is 6.02. The van der Waals surface area contributed by atoms with E-state index >= 15 is 0 Å². The van der Waals surface area contributed by atoms with Gasteiger partial charge in [0.05, 0.1) is 16.8 Å². The quantitative estimate of drug-likeness (QED) is 0.153. The molecule has 0 aromatic heterocycles. The standard InChI is InChI=1S/C58H52BN3Si/c1-55-31-13-15-33-57(55,3)61-46-35-37(60-44-25-7-11-29-50(44)63(51-30-12-8-26-45(51)60)48-27-9-5-19-38(48)39-20-6-10-28-49(39)63)36-47-52(46)59(42-23-17-21-40(55)53(42)61)43-24-18-22-41-54(43)62(47)58(4)34-16-14-32-56(41,58)2/h5-12,17-30,35-36H,13-16,31-34H2,1-4H3. The predicted octanol–water partition coefficient (Wildman–Crippen LogP) is 9.45. The van der Waals surface area contributed by atoms with Gasteiger partial charge in [-0.15, -0.1) is 0 Å². The van der Waals surface area contributed by atoms with Crippen LogP contribution in [0, 0.1) is 0 Å². The first-order chi connectivity index (χ1) is 30.8. The van der Waals surface area contributed by atoms with Crippen LogP contribution in [-0.2, 0) is 10.8 Å². The molecule has 63 heavy (non-hydrogen) atoms. The van der Waals surface area contributed by atoms with Crippen LogP contribution in [0.3, 0.4) is 0 Å². The average molecular weight is 830 g/mol. The first-order valence-electron chi connectivity index (χ1n) is 24.0. The van der Waals surface area contributed by atoms with E-state index in [0.29, 0.717) is 0 Å². The van der Waals surface area contributed by atoms with Crippen molar-refractivity contribution in [1.29, 1.82) is 0 Å². The maximum absolute atomic E-state index is 2.93. The molecule has 8 aliphatic rings. The molecule has 7 aromatic carbocycles. The topological polar surface area (TPSA) is 9.72 Å². The normalized spacial score (nSPS) is 27.4. The van der Waals surface area contributed by atoms with Crippen LogP contribution in [-0.4, -0.2) is 25.9 Å². The lowest BCUT2D eigenvalue weighted by Crippen LogP contribution is -2.75. The fourth-order valence-electron chi connectivity index (χ4n) is 16.0. The van der Waals surface area contributed by atoms with Gasteiger partial charge in [-0.2, -0.15) is 0 Å². The van der Waals surface area contributed by atoms with Gasteiger partial charge >= 0.3 is 0 Å². The molecule has 1 spiro atoms. The molecule has 15 rings (SSSR count). The molecule has 0 radical (unpaired) electrons. The third-order valence-corrected chi connectivity index (χ3v) is 24.1. The highest BCUT2D eigenvalue weighted by atomic mass is 28.3. The fraction of sp³-hybridized carbons (Fsp3) is 0.276. The molecule has 306 valence electrons. The monoisotopic (exact) mass is 829 g/mol. The van der Waals surface area contributed by atoms with E-state index in [2.05, 4.69) is 188 Å². The molecule has 4 unspecified atom stereocenters. The van der Waals surface area contributed by atoms with Gasteiger partial charge in [-0.3, -0.25) is 0 Å². The molecule has 6 aliphatic heterocycles. The number of para-hydroxylation sites is 4. The largest absolute Gasteiger partial charge is 0.335 e. The van der Waals surface area contributed by atoms with E-state index in [0.717, 1.165) is 0 Å². The van der Waals surface area contributed by atoms with Crippen molar-refractivity contribution in [3.05, 3.63) is 157 Å². The molecular formula is C58H52BN3Si. The minimum Gasteiger partial charge on any atom is -0.335 e. The zero-order valence-corrected chi connectivity index (χ0v) is 37.9. The summed E-state index contributed by atoms with van der Waals surface area (Å²) in [6.45, 7) is 10.7. The summed E-state index contributed by atoms with van der Waals surface area (Å²) in [5.41, 5.74) is 20.4.